The van der Waals surface area contributed by atoms with Crippen LogP contribution in [0.4, 0.5) is 0 Å². The fraction of sp³-hybridized carbons (Fsp3) is 0.727. The van der Waals surface area contributed by atoms with Crippen LogP contribution in [0.2, 0.25) is 0 Å². The zero-order valence-corrected chi connectivity index (χ0v) is 36.5. The molecule has 1 unspecified atom stereocenters. The summed E-state index contributed by atoms with van der Waals surface area (Å²) < 4.78 is 34.0. The number of unbranched alkanes of at least 4 members (excludes halogenated alkanes) is 9. The average Bonchev–Trinajstić information content (AvgIpc) is 3.14. The molecule has 0 aliphatic carbocycles. The van der Waals surface area contributed by atoms with Gasteiger partial charge in [-0.1, -0.05) is 113 Å². The third-order valence-corrected chi connectivity index (χ3v) is 9.72. The van der Waals surface area contributed by atoms with Crippen LogP contribution < -0.4 is 0 Å². The van der Waals surface area contributed by atoms with Crippen LogP contribution in [-0.2, 0) is 32.7 Å². The van der Waals surface area contributed by atoms with Crippen molar-refractivity contribution >= 4 is 19.8 Å². The van der Waals surface area contributed by atoms with Crippen molar-refractivity contribution in [2.45, 2.75) is 161 Å². The van der Waals surface area contributed by atoms with Crippen LogP contribution in [-0.4, -0.2) is 97.3 Å². The van der Waals surface area contributed by atoms with Crippen LogP contribution in [0.15, 0.2) is 60.8 Å². The molecule has 0 saturated carbocycles. The minimum Gasteiger partial charge on any atom is -0.462 e. The highest BCUT2D eigenvalue weighted by Gasteiger charge is 2.27. The Labute approximate surface area is 340 Å². The molecule has 3 N–H and O–H groups in total. The third kappa shape index (κ3) is 37.2. The Kier molecular flexibility index (Phi) is 34.3. The Balaban J connectivity index is 4.67. The topological polar surface area (TPSA) is 149 Å². The van der Waals surface area contributed by atoms with E-state index in [1.54, 1.807) is 0 Å². The normalized spacial score (nSPS) is 15.4. The molecule has 0 aromatic heterocycles. The Hall–Kier alpha value is -2.37. The van der Waals surface area contributed by atoms with Gasteiger partial charge in [0, 0.05) is 12.8 Å². The van der Waals surface area contributed by atoms with Gasteiger partial charge in [0.05, 0.1) is 40.0 Å². The molecule has 4 atom stereocenters. The summed E-state index contributed by atoms with van der Waals surface area (Å²) in [5.41, 5.74) is 0. The van der Waals surface area contributed by atoms with Gasteiger partial charge < -0.3 is 29.1 Å². The molecular weight excluding hydrogens is 733 g/mol. The predicted molar refractivity (Wildman–Crippen MR) is 227 cm³/mol. The lowest BCUT2D eigenvalue weighted by molar-refractivity contribution is -0.870. The number of likely N-dealkylation sites (N-methyl/N-ethyl adjacent to an activating group) is 1. The van der Waals surface area contributed by atoms with E-state index >= 15 is 0 Å². The standard InChI is InChI=1S/C44H78NO10P/c1-6-8-10-12-14-16-18-20-22-24-26-28-30-34-43(48)52-38-40(39-54-56(50,51)53-37-36-45(3,4)5)55-44(49)35-31-33-42(47)41(46)32-29-27-25-23-21-19-17-15-13-11-9-7-2/h9,11,15-18,21,23,27,29,40-42,46-47H,6-8,10,12-14,19-20,22,24-26,28,30-39H2,1-5H3/p+1/b11-9-,17-15-,18-16-,23-21-,29-27-/t40-,41-,42-/m1/s1. The SMILES string of the molecule is CC/C=C\C/C=C\C/C=C\C/C=C\C[C@@H](O)[C@H](O)CCCC(=O)O[C@H](COC(=O)CCCCCCC/C=C\CCCCCC)COP(=O)(O)OCC[N+](C)(C)C. The lowest BCUT2D eigenvalue weighted by Crippen LogP contribution is -2.37. The number of hydrogen-bond acceptors (Lipinski definition) is 9. The predicted octanol–water partition coefficient (Wildman–Crippen LogP) is 9.63. The molecule has 324 valence electrons. The summed E-state index contributed by atoms with van der Waals surface area (Å²) in [6.07, 6.45) is 34.4. The molecule has 12 heteroatoms. The van der Waals surface area contributed by atoms with E-state index in [2.05, 4.69) is 56.4 Å². The molecule has 0 radical (unpaired) electrons. The summed E-state index contributed by atoms with van der Waals surface area (Å²) >= 11 is 0. The number of ether oxygens (including phenoxy) is 2. The van der Waals surface area contributed by atoms with Gasteiger partial charge in [0.1, 0.15) is 19.8 Å². The molecule has 11 nitrogen and oxygen atoms in total. The van der Waals surface area contributed by atoms with E-state index in [1.165, 1.54) is 25.7 Å². The first-order valence-electron chi connectivity index (χ1n) is 21.2. The van der Waals surface area contributed by atoms with Crippen molar-refractivity contribution in [2.75, 3.05) is 47.5 Å². The highest BCUT2D eigenvalue weighted by atomic mass is 31.2. The van der Waals surface area contributed by atoms with E-state index in [-0.39, 0.29) is 45.3 Å². The van der Waals surface area contributed by atoms with Gasteiger partial charge in [-0.2, -0.15) is 0 Å². The van der Waals surface area contributed by atoms with E-state index in [1.807, 2.05) is 39.4 Å². The first kappa shape index (κ1) is 53.6. The van der Waals surface area contributed by atoms with Gasteiger partial charge in [-0.15, -0.1) is 0 Å². The average molecular weight is 813 g/mol. The Morgan fingerprint density at radius 2 is 1.20 bits per heavy atom. The number of rotatable bonds is 37. The zero-order chi connectivity index (χ0) is 41.8. The van der Waals surface area contributed by atoms with Gasteiger partial charge in [-0.3, -0.25) is 18.6 Å². The molecule has 0 bridgehead atoms. The molecule has 0 aromatic rings. The van der Waals surface area contributed by atoms with Gasteiger partial charge in [-0.05, 0) is 77.0 Å². The highest BCUT2D eigenvalue weighted by Crippen LogP contribution is 2.43. The zero-order valence-electron chi connectivity index (χ0n) is 35.6. The summed E-state index contributed by atoms with van der Waals surface area (Å²) in [6.45, 7) is 3.91. The molecule has 0 fully saturated rings. The fourth-order valence-electron chi connectivity index (χ4n) is 5.27. The van der Waals surface area contributed by atoms with Gasteiger partial charge in [-0.25, -0.2) is 4.57 Å². The molecule has 0 rings (SSSR count). The van der Waals surface area contributed by atoms with Crippen molar-refractivity contribution in [3.8, 4) is 0 Å². The quantitative estimate of drug-likeness (QED) is 0.0182. The van der Waals surface area contributed by atoms with Crippen LogP contribution >= 0.6 is 7.82 Å². The minimum atomic E-state index is -4.46. The second-order valence-corrected chi connectivity index (χ2v) is 16.8. The number of quaternary nitrogens is 1. The second-order valence-electron chi connectivity index (χ2n) is 15.3. The van der Waals surface area contributed by atoms with E-state index in [0.29, 0.717) is 17.4 Å². The van der Waals surface area contributed by atoms with Gasteiger partial charge in [0.2, 0.25) is 0 Å². The molecular formula is C44H79NO10P+. The van der Waals surface area contributed by atoms with Gasteiger partial charge >= 0.3 is 19.8 Å². The second kappa shape index (κ2) is 35.8. The van der Waals surface area contributed by atoms with Crippen molar-refractivity contribution < 1.29 is 52.3 Å². The maximum atomic E-state index is 12.7. The van der Waals surface area contributed by atoms with Crippen molar-refractivity contribution in [2.24, 2.45) is 0 Å². The van der Waals surface area contributed by atoms with Crippen molar-refractivity contribution in [3.05, 3.63) is 60.8 Å². The number of nitrogens with zero attached hydrogens (tertiary/aromatic N) is 1. The number of aliphatic hydroxyl groups is 2. The molecule has 0 spiro atoms. The van der Waals surface area contributed by atoms with Crippen molar-refractivity contribution in [1.82, 2.24) is 0 Å². The Morgan fingerprint density at radius 3 is 1.80 bits per heavy atom. The molecule has 0 aliphatic rings. The number of phosphoric ester groups is 1. The molecule has 0 heterocycles. The van der Waals surface area contributed by atoms with Crippen molar-refractivity contribution in [3.63, 3.8) is 0 Å². The molecule has 0 aliphatic heterocycles. The van der Waals surface area contributed by atoms with Crippen LogP contribution in [0.1, 0.15) is 142 Å². The highest BCUT2D eigenvalue weighted by molar-refractivity contribution is 7.47. The molecule has 0 saturated heterocycles. The summed E-state index contributed by atoms with van der Waals surface area (Å²) in [5, 5.41) is 20.8. The number of aliphatic hydroxyl groups excluding tert-OH is 2. The van der Waals surface area contributed by atoms with Crippen LogP contribution in [0.25, 0.3) is 0 Å². The third-order valence-electron chi connectivity index (χ3n) is 8.73. The first-order chi connectivity index (χ1) is 26.8. The first-order valence-corrected chi connectivity index (χ1v) is 22.7. The lowest BCUT2D eigenvalue weighted by Gasteiger charge is -2.24. The summed E-state index contributed by atoms with van der Waals surface area (Å²) in [7, 11) is 1.28. The monoisotopic (exact) mass is 813 g/mol. The maximum Gasteiger partial charge on any atom is 0.472 e. The minimum absolute atomic E-state index is 0.0248. The number of allylic oxidation sites excluding steroid dienone is 9. The molecule has 0 aromatic carbocycles. The van der Waals surface area contributed by atoms with Gasteiger partial charge in [0.25, 0.3) is 0 Å². The van der Waals surface area contributed by atoms with E-state index < -0.39 is 44.7 Å². The van der Waals surface area contributed by atoms with E-state index in [0.717, 1.165) is 64.2 Å². The van der Waals surface area contributed by atoms with Crippen LogP contribution in [0, 0.1) is 0 Å². The van der Waals surface area contributed by atoms with Crippen LogP contribution in [0.5, 0.6) is 0 Å². The Morgan fingerprint density at radius 1 is 0.643 bits per heavy atom. The number of carbonyl (C=O) groups is 2. The lowest BCUT2D eigenvalue weighted by atomic mass is 10.0. The molecule has 0 amide bonds. The number of phosphoric acid groups is 1. The smallest absolute Gasteiger partial charge is 0.462 e. The van der Waals surface area contributed by atoms with Crippen molar-refractivity contribution in [1.29, 1.82) is 0 Å². The maximum absolute atomic E-state index is 12.7. The number of esters is 2. The summed E-state index contributed by atoms with van der Waals surface area (Å²) in [6, 6.07) is 0. The molecule has 56 heavy (non-hydrogen) atoms. The number of hydrogen-bond donors (Lipinski definition) is 3. The van der Waals surface area contributed by atoms with Gasteiger partial charge in [0.15, 0.2) is 6.10 Å². The van der Waals surface area contributed by atoms with E-state index in [4.69, 9.17) is 18.5 Å². The van der Waals surface area contributed by atoms with E-state index in [9.17, 15) is 29.3 Å². The fourth-order valence-corrected chi connectivity index (χ4v) is 6.01. The summed E-state index contributed by atoms with van der Waals surface area (Å²) in [4.78, 5) is 35.4. The Bertz CT molecular complexity index is 1180. The largest absolute Gasteiger partial charge is 0.472 e. The van der Waals surface area contributed by atoms with Crippen LogP contribution in [0.3, 0.4) is 0 Å². The summed E-state index contributed by atoms with van der Waals surface area (Å²) in [5.74, 6) is -1.10. The number of carbonyl (C=O) groups excluding carboxylic acids is 2.